The molecule has 0 aromatic heterocycles. The molecule has 0 atom stereocenters. The van der Waals surface area contributed by atoms with Gasteiger partial charge in [0.2, 0.25) is 0 Å². The van der Waals surface area contributed by atoms with Crippen molar-refractivity contribution in [2.24, 2.45) is 4.99 Å². The molecule has 0 saturated heterocycles. The highest BCUT2D eigenvalue weighted by Crippen LogP contribution is 2.11. The van der Waals surface area contributed by atoms with Crippen LogP contribution in [0.4, 0.5) is 5.69 Å². The number of aliphatic imine (C=N–C) groups is 1. The third-order valence-corrected chi connectivity index (χ3v) is 3.36. The molecule has 2 rings (SSSR count). The Kier molecular flexibility index (Phi) is 8.50. The second-order valence-electron chi connectivity index (χ2n) is 6.80. The largest absolute Gasteiger partial charge is 0.352 e. The highest BCUT2D eigenvalue weighted by molar-refractivity contribution is 14.0. The molecular weight excluding hydrogens is 443 g/mol. The van der Waals surface area contributed by atoms with Crippen LogP contribution >= 0.6 is 24.0 Å². The van der Waals surface area contributed by atoms with Gasteiger partial charge in [0.15, 0.2) is 5.96 Å². The van der Waals surface area contributed by atoms with E-state index in [1.807, 2.05) is 30.3 Å². The maximum atomic E-state index is 10.7. The van der Waals surface area contributed by atoms with Crippen molar-refractivity contribution in [2.45, 2.75) is 39.4 Å². The molecule has 0 radical (unpaired) electrons. The summed E-state index contributed by atoms with van der Waals surface area (Å²) >= 11 is 0. The standard InChI is InChI=1S/C19H24N4O2.HI/c1-19(2,3)22-18(20-13-15-7-5-4-6-8-15)21-14-16-9-11-17(12-10-16)23(24)25;/h4-12H,13-14H2,1-3H3,(H2,20,21,22);1H. The number of hydrogen-bond donors (Lipinski definition) is 2. The summed E-state index contributed by atoms with van der Waals surface area (Å²) < 4.78 is 0. The van der Waals surface area contributed by atoms with Crippen LogP contribution in [0.25, 0.3) is 0 Å². The summed E-state index contributed by atoms with van der Waals surface area (Å²) in [4.78, 5) is 14.9. The minimum Gasteiger partial charge on any atom is -0.352 e. The van der Waals surface area contributed by atoms with E-state index in [0.29, 0.717) is 19.0 Å². The van der Waals surface area contributed by atoms with E-state index in [0.717, 1.165) is 11.1 Å². The van der Waals surface area contributed by atoms with Gasteiger partial charge in [-0.1, -0.05) is 42.5 Å². The van der Waals surface area contributed by atoms with E-state index in [9.17, 15) is 10.1 Å². The third-order valence-electron chi connectivity index (χ3n) is 3.36. The molecule has 0 amide bonds. The second kappa shape index (κ2) is 10.1. The van der Waals surface area contributed by atoms with Gasteiger partial charge in [-0.15, -0.1) is 24.0 Å². The molecule has 7 heteroatoms. The zero-order valence-corrected chi connectivity index (χ0v) is 17.6. The highest BCUT2D eigenvalue weighted by Gasteiger charge is 2.12. The minimum atomic E-state index is -0.398. The van der Waals surface area contributed by atoms with E-state index in [4.69, 9.17) is 0 Å². The predicted molar refractivity (Wildman–Crippen MR) is 116 cm³/mol. The zero-order valence-electron chi connectivity index (χ0n) is 15.2. The van der Waals surface area contributed by atoms with Crippen LogP contribution in [0.5, 0.6) is 0 Å². The van der Waals surface area contributed by atoms with Crippen LogP contribution in [0.15, 0.2) is 59.6 Å². The molecule has 6 nitrogen and oxygen atoms in total. The molecule has 0 fully saturated rings. The Labute approximate surface area is 171 Å². The Morgan fingerprint density at radius 2 is 1.65 bits per heavy atom. The normalized spacial score (nSPS) is 11.4. The van der Waals surface area contributed by atoms with Crippen molar-refractivity contribution in [3.63, 3.8) is 0 Å². The highest BCUT2D eigenvalue weighted by atomic mass is 127. The number of halogens is 1. The summed E-state index contributed by atoms with van der Waals surface area (Å²) in [6.45, 7) is 7.32. The van der Waals surface area contributed by atoms with Crippen LogP contribution in [0.3, 0.4) is 0 Å². The predicted octanol–water partition coefficient (Wildman–Crippen LogP) is 4.25. The fraction of sp³-hybridized carbons (Fsp3) is 0.316. The van der Waals surface area contributed by atoms with Gasteiger partial charge in [-0.05, 0) is 31.9 Å². The number of nitrogens with zero attached hydrogens (tertiary/aromatic N) is 2. The molecule has 2 N–H and O–H groups in total. The number of nitrogens with one attached hydrogen (secondary N) is 2. The molecule has 26 heavy (non-hydrogen) atoms. The topological polar surface area (TPSA) is 79.6 Å². The van der Waals surface area contributed by atoms with E-state index in [1.54, 1.807) is 12.1 Å². The van der Waals surface area contributed by atoms with Gasteiger partial charge in [-0.2, -0.15) is 0 Å². The van der Waals surface area contributed by atoms with Crippen molar-refractivity contribution in [2.75, 3.05) is 0 Å². The number of hydrogen-bond acceptors (Lipinski definition) is 3. The van der Waals surface area contributed by atoms with Crippen molar-refractivity contribution in [1.29, 1.82) is 0 Å². The van der Waals surface area contributed by atoms with E-state index < -0.39 is 4.92 Å². The van der Waals surface area contributed by atoms with Gasteiger partial charge in [-0.25, -0.2) is 4.99 Å². The van der Waals surface area contributed by atoms with Crippen LogP contribution in [0.2, 0.25) is 0 Å². The molecule has 2 aromatic rings. The summed E-state index contributed by atoms with van der Waals surface area (Å²) in [6.07, 6.45) is 0. The van der Waals surface area contributed by atoms with E-state index in [-0.39, 0.29) is 35.2 Å². The lowest BCUT2D eigenvalue weighted by atomic mass is 10.1. The molecule has 0 aliphatic rings. The minimum absolute atomic E-state index is 0. The van der Waals surface area contributed by atoms with Crippen molar-refractivity contribution >= 4 is 35.6 Å². The van der Waals surface area contributed by atoms with Crippen molar-refractivity contribution in [3.8, 4) is 0 Å². The van der Waals surface area contributed by atoms with Crippen LogP contribution < -0.4 is 10.6 Å². The Hall–Kier alpha value is -2.16. The lowest BCUT2D eigenvalue weighted by Crippen LogP contribution is -2.47. The first-order valence-corrected chi connectivity index (χ1v) is 8.17. The van der Waals surface area contributed by atoms with Gasteiger partial charge in [0.1, 0.15) is 0 Å². The molecular formula is C19H25IN4O2. The molecule has 140 valence electrons. The summed E-state index contributed by atoms with van der Waals surface area (Å²) in [5.41, 5.74) is 2.05. The molecule has 0 unspecified atom stereocenters. The number of rotatable bonds is 5. The van der Waals surface area contributed by atoms with Gasteiger partial charge in [0.25, 0.3) is 5.69 Å². The van der Waals surface area contributed by atoms with Gasteiger partial charge >= 0.3 is 0 Å². The lowest BCUT2D eigenvalue weighted by molar-refractivity contribution is -0.384. The Morgan fingerprint density at radius 3 is 2.19 bits per heavy atom. The Balaban J connectivity index is 0.00000338. The SMILES string of the molecule is CC(C)(C)NC(=NCc1ccccc1)NCc1ccc([N+](=O)[O-])cc1.I. The quantitative estimate of drug-likeness (QED) is 0.226. The van der Waals surface area contributed by atoms with E-state index in [2.05, 4.69) is 36.4 Å². The fourth-order valence-electron chi connectivity index (χ4n) is 2.17. The fourth-order valence-corrected chi connectivity index (χ4v) is 2.17. The van der Waals surface area contributed by atoms with Crippen LogP contribution in [0, 0.1) is 10.1 Å². The van der Waals surface area contributed by atoms with Crippen molar-refractivity contribution in [3.05, 3.63) is 75.8 Å². The van der Waals surface area contributed by atoms with Gasteiger partial charge < -0.3 is 10.6 Å². The molecule has 2 aromatic carbocycles. The molecule has 0 bridgehead atoms. The molecule has 0 aliphatic heterocycles. The smallest absolute Gasteiger partial charge is 0.269 e. The molecule has 0 saturated carbocycles. The summed E-state index contributed by atoms with van der Waals surface area (Å²) in [7, 11) is 0. The van der Waals surface area contributed by atoms with E-state index in [1.165, 1.54) is 12.1 Å². The summed E-state index contributed by atoms with van der Waals surface area (Å²) in [5.74, 6) is 0.703. The first-order chi connectivity index (χ1) is 11.8. The summed E-state index contributed by atoms with van der Waals surface area (Å²) in [6, 6.07) is 16.5. The van der Waals surface area contributed by atoms with Crippen LogP contribution in [-0.2, 0) is 13.1 Å². The number of guanidine groups is 1. The van der Waals surface area contributed by atoms with E-state index >= 15 is 0 Å². The first-order valence-electron chi connectivity index (χ1n) is 8.17. The number of nitro groups is 1. The lowest BCUT2D eigenvalue weighted by Gasteiger charge is -2.24. The number of benzene rings is 2. The van der Waals surface area contributed by atoms with Crippen molar-refractivity contribution < 1.29 is 4.92 Å². The van der Waals surface area contributed by atoms with Crippen molar-refractivity contribution in [1.82, 2.24) is 10.6 Å². The monoisotopic (exact) mass is 468 g/mol. The Bertz CT molecular complexity index is 725. The Morgan fingerprint density at radius 1 is 1.04 bits per heavy atom. The average Bonchev–Trinajstić information content (AvgIpc) is 2.57. The molecule has 0 heterocycles. The van der Waals surface area contributed by atoms with Crippen LogP contribution in [0.1, 0.15) is 31.9 Å². The third kappa shape index (κ3) is 7.81. The maximum absolute atomic E-state index is 10.7. The zero-order chi connectivity index (χ0) is 18.3. The second-order valence-corrected chi connectivity index (χ2v) is 6.80. The first kappa shape index (κ1) is 21.9. The van der Waals surface area contributed by atoms with Gasteiger partial charge in [-0.3, -0.25) is 10.1 Å². The maximum Gasteiger partial charge on any atom is 0.269 e. The van der Waals surface area contributed by atoms with Gasteiger partial charge in [0, 0.05) is 24.2 Å². The average molecular weight is 468 g/mol. The molecule has 0 aliphatic carbocycles. The van der Waals surface area contributed by atoms with Gasteiger partial charge in [0.05, 0.1) is 11.5 Å². The number of nitro benzene ring substituents is 1. The number of non-ortho nitro benzene ring substituents is 1. The molecule has 0 spiro atoms. The summed E-state index contributed by atoms with van der Waals surface area (Å²) in [5, 5.41) is 17.4. The van der Waals surface area contributed by atoms with Crippen LogP contribution in [-0.4, -0.2) is 16.4 Å².